The molecular formula is C20H23NO3. The van der Waals surface area contributed by atoms with Gasteiger partial charge in [0.15, 0.2) is 0 Å². The Morgan fingerprint density at radius 1 is 1.04 bits per heavy atom. The van der Waals surface area contributed by atoms with E-state index in [1.165, 1.54) is 5.56 Å². The van der Waals surface area contributed by atoms with Crippen LogP contribution in [0.25, 0.3) is 0 Å². The van der Waals surface area contributed by atoms with Gasteiger partial charge in [-0.05, 0) is 50.5 Å². The van der Waals surface area contributed by atoms with Crippen LogP contribution in [-0.4, -0.2) is 18.5 Å². The van der Waals surface area contributed by atoms with Gasteiger partial charge in [0.25, 0.3) is 0 Å². The fourth-order valence-electron chi connectivity index (χ4n) is 2.32. The van der Waals surface area contributed by atoms with E-state index in [9.17, 15) is 9.59 Å². The molecule has 0 aromatic heterocycles. The van der Waals surface area contributed by atoms with E-state index in [-0.39, 0.29) is 11.9 Å². The third-order valence-electron chi connectivity index (χ3n) is 3.78. The van der Waals surface area contributed by atoms with E-state index >= 15 is 0 Å². The van der Waals surface area contributed by atoms with Crippen LogP contribution in [0.1, 0.15) is 40.4 Å². The van der Waals surface area contributed by atoms with Gasteiger partial charge in [0.05, 0.1) is 12.2 Å². The third-order valence-corrected chi connectivity index (χ3v) is 3.78. The number of rotatable bonds is 6. The molecule has 1 amide bonds. The summed E-state index contributed by atoms with van der Waals surface area (Å²) in [5.41, 5.74) is 4.33. The number of nitrogens with one attached hydrogen (secondary N) is 1. The normalized spacial score (nSPS) is 10.3. The lowest BCUT2D eigenvalue weighted by molar-refractivity contribution is -0.116. The van der Waals surface area contributed by atoms with Crippen LogP contribution in [0.3, 0.4) is 0 Å². The summed E-state index contributed by atoms with van der Waals surface area (Å²) >= 11 is 0. The number of aryl methyl sites for hydroxylation is 3. The highest BCUT2D eigenvalue weighted by Gasteiger charge is 2.11. The Hall–Kier alpha value is -2.62. The molecular weight excluding hydrogens is 302 g/mol. The number of esters is 1. The maximum Gasteiger partial charge on any atom is 0.338 e. The Balaban J connectivity index is 1.98. The predicted octanol–water partition coefficient (Wildman–Crippen LogP) is 4.05. The smallest absolute Gasteiger partial charge is 0.338 e. The molecule has 24 heavy (non-hydrogen) atoms. The molecule has 0 spiro atoms. The van der Waals surface area contributed by atoms with Crippen molar-refractivity contribution in [1.29, 1.82) is 0 Å². The number of hydrogen-bond acceptors (Lipinski definition) is 3. The molecule has 0 aliphatic heterocycles. The van der Waals surface area contributed by atoms with E-state index in [4.69, 9.17) is 4.74 Å². The maximum atomic E-state index is 12.2. The average Bonchev–Trinajstić information content (AvgIpc) is 2.56. The van der Waals surface area contributed by atoms with E-state index in [1.807, 2.05) is 44.2 Å². The number of carbonyl (C=O) groups is 2. The maximum absolute atomic E-state index is 12.2. The highest BCUT2D eigenvalue weighted by Crippen LogP contribution is 2.18. The van der Waals surface area contributed by atoms with E-state index < -0.39 is 0 Å². The lowest BCUT2D eigenvalue weighted by atomic mass is 10.1. The first-order valence-corrected chi connectivity index (χ1v) is 8.12. The number of amides is 1. The van der Waals surface area contributed by atoms with Crippen LogP contribution in [0.15, 0.2) is 42.5 Å². The van der Waals surface area contributed by atoms with E-state index in [2.05, 4.69) is 5.32 Å². The molecule has 0 unspecified atom stereocenters. The first-order chi connectivity index (χ1) is 11.5. The van der Waals surface area contributed by atoms with Crippen LogP contribution in [0.5, 0.6) is 0 Å². The summed E-state index contributed by atoms with van der Waals surface area (Å²) < 4.78 is 4.99. The first-order valence-electron chi connectivity index (χ1n) is 8.12. The van der Waals surface area contributed by atoms with Crippen LogP contribution in [0.2, 0.25) is 0 Å². The third kappa shape index (κ3) is 4.95. The van der Waals surface area contributed by atoms with E-state index in [1.54, 1.807) is 19.1 Å². The van der Waals surface area contributed by atoms with Crippen LogP contribution >= 0.6 is 0 Å². The monoisotopic (exact) mass is 325 g/mol. The second-order valence-corrected chi connectivity index (χ2v) is 5.78. The SMILES string of the molecule is CCOC(=O)c1ccc(C)c(NC(=O)CCc2ccc(C)cc2)c1. The minimum atomic E-state index is -0.382. The van der Waals surface area contributed by atoms with Crippen LogP contribution in [0.4, 0.5) is 5.69 Å². The average molecular weight is 325 g/mol. The van der Waals surface area contributed by atoms with Gasteiger partial charge in [-0.25, -0.2) is 4.79 Å². The topological polar surface area (TPSA) is 55.4 Å². The predicted molar refractivity (Wildman–Crippen MR) is 95.3 cm³/mol. The van der Waals surface area contributed by atoms with Crippen LogP contribution in [0, 0.1) is 13.8 Å². The van der Waals surface area contributed by atoms with Gasteiger partial charge in [0, 0.05) is 12.1 Å². The van der Waals surface area contributed by atoms with Crippen molar-refractivity contribution in [2.45, 2.75) is 33.6 Å². The number of carbonyl (C=O) groups excluding carboxylic acids is 2. The van der Waals surface area contributed by atoms with Gasteiger partial charge < -0.3 is 10.1 Å². The molecule has 4 heteroatoms. The quantitative estimate of drug-likeness (QED) is 0.815. The Bertz CT molecular complexity index is 720. The molecule has 0 aliphatic carbocycles. The number of anilines is 1. The van der Waals surface area contributed by atoms with Crippen molar-refractivity contribution in [3.63, 3.8) is 0 Å². The van der Waals surface area contributed by atoms with Crippen molar-refractivity contribution in [3.8, 4) is 0 Å². The molecule has 2 rings (SSSR count). The molecule has 0 bridgehead atoms. The van der Waals surface area contributed by atoms with Crippen molar-refractivity contribution in [1.82, 2.24) is 0 Å². The zero-order valence-electron chi connectivity index (χ0n) is 14.4. The molecule has 126 valence electrons. The molecule has 0 atom stereocenters. The first kappa shape index (κ1) is 17.7. The molecule has 2 aromatic carbocycles. The fourth-order valence-corrected chi connectivity index (χ4v) is 2.32. The van der Waals surface area contributed by atoms with Crippen molar-refractivity contribution < 1.29 is 14.3 Å². The molecule has 2 aromatic rings. The largest absolute Gasteiger partial charge is 0.462 e. The van der Waals surface area contributed by atoms with Crippen molar-refractivity contribution in [2.24, 2.45) is 0 Å². The summed E-state index contributed by atoms with van der Waals surface area (Å²) in [5, 5.41) is 2.88. The summed E-state index contributed by atoms with van der Waals surface area (Å²) in [6.07, 6.45) is 1.08. The van der Waals surface area contributed by atoms with Gasteiger partial charge in [-0.2, -0.15) is 0 Å². The number of benzene rings is 2. The van der Waals surface area contributed by atoms with E-state index in [0.29, 0.717) is 30.7 Å². The minimum absolute atomic E-state index is 0.0697. The minimum Gasteiger partial charge on any atom is -0.462 e. The summed E-state index contributed by atoms with van der Waals surface area (Å²) in [4.78, 5) is 24.0. The van der Waals surface area contributed by atoms with E-state index in [0.717, 1.165) is 11.1 Å². The summed E-state index contributed by atoms with van der Waals surface area (Å²) in [6, 6.07) is 13.3. The Kier molecular flexibility index (Phi) is 6.13. The molecule has 4 nitrogen and oxygen atoms in total. The molecule has 0 saturated carbocycles. The molecule has 0 saturated heterocycles. The van der Waals surface area contributed by atoms with Crippen LogP contribution < -0.4 is 5.32 Å². The zero-order chi connectivity index (χ0) is 17.5. The fraction of sp³-hybridized carbons (Fsp3) is 0.300. The number of ether oxygens (including phenoxy) is 1. The lowest BCUT2D eigenvalue weighted by Crippen LogP contribution is -2.14. The summed E-state index contributed by atoms with van der Waals surface area (Å²) in [6.45, 7) is 6.02. The number of hydrogen-bond donors (Lipinski definition) is 1. The highest BCUT2D eigenvalue weighted by molar-refractivity contribution is 5.95. The van der Waals surface area contributed by atoms with Gasteiger partial charge in [-0.1, -0.05) is 35.9 Å². The zero-order valence-corrected chi connectivity index (χ0v) is 14.4. The second-order valence-electron chi connectivity index (χ2n) is 5.78. The van der Waals surface area contributed by atoms with Crippen LogP contribution in [-0.2, 0) is 16.0 Å². The molecule has 1 N–H and O–H groups in total. The Morgan fingerprint density at radius 3 is 2.42 bits per heavy atom. The highest BCUT2D eigenvalue weighted by atomic mass is 16.5. The van der Waals surface area contributed by atoms with Gasteiger partial charge in [-0.15, -0.1) is 0 Å². The van der Waals surface area contributed by atoms with Crippen molar-refractivity contribution in [3.05, 3.63) is 64.7 Å². The van der Waals surface area contributed by atoms with Gasteiger partial charge in [-0.3, -0.25) is 4.79 Å². The summed E-state index contributed by atoms with van der Waals surface area (Å²) in [7, 11) is 0. The van der Waals surface area contributed by atoms with Crippen molar-refractivity contribution in [2.75, 3.05) is 11.9 Å². The Morgan fingerprint density at radius 2 is 1.75 bits per heavy atom. The standard InChI is InChI=1S/C20H23NO3/c1-4-24-20(23)17-11-7-15(3)18(13-17)21-19(22)12-10-16-8-5-14(2)6-9-16/h5-9,11,13H,4,10,12H2,1-3H3,(H,21,22). The van der Waals surface area contributed by atoms with Gasteiger partial charge in [0.1, 0.15) is 0 Å². The summed E-state index contributed by atoms with van der Waals surface area (Å²) in [5.74, 6) is -0.452. The second kappa shape index (κ2) is 8.29. The molecule has 0 heterocycles. The Labute approximate surface area is 142 Å². The molecule has 0 fully saturated rings. The van der Waals surface area contributed by atoms with Gasteiger partial charge >= 0.3 is 5.97 Å². The lowest BCUT2D eigenvalue weighted by Gasteiger charge is -2.10. The van der Waals surface area contributed by atoms with Crippen molar-refractivity contribution >= 4 is 17.6 Å². The van der Waals surface area contributed by atoms with Gasteiger partial charge in [0.2, 0.25) is 5.91 Å². The molecule has 0 radical (unpaired) electrons. The molecule has 0 aliphatic rings.